The summed E-state index contributed by atoms with van der Waals surface area (Å²) in [6.07, 6.45) is 0.132. The molecule has 1 atom stereocenters. The number of aliphatic hydroxyl groups is 1. The smallest absolute Gasteiger partial charge is 0.303 e. The highest BCUT2D eigenvalue weighted by molar-refractivity contribution is 5.67. The van der Waals surface area contributed by atoms with Crippen LogP contribution < -0.4 is 0 Å². The molecular weight excluding hydrogens is 192 g/mol. The Morgan fingerprint density at radius 1 is 1.47 bits per heavy atom. The molecule has 15 heavy (non-hydrogen) atoms. The van der Waals surface area contributed by atoms with Gasteiger partial charge >= 0.3 is 5.97 Å². The predicted octanol–water partition coefficient (Wildman–Crippen LogP) is 2.07. The van der Waals surface area contributed by atoms with E-state index in [-0.39, 0.29) is 6.42 Å². The van der Waals surface area contributed by atoms with E-state index < -0.39 is 12.1 Å². The number of benzene rings is 1. The average Bonchev–Trinajstić information content (AvgIpc) is 2.16. The number of aliphatic carboxylic acids is 1. The normalized spacial score (nSPS) is 12.5. The lowest BCUT2D eigenvalue weighted by Crippen LogP contribution is -2.00. The molecule has 0 amide bonds. The molecule has 0 aromatic heterocycles. The Morgan fingerprint density at radius 3 is 2.67 bits per heavy atom. The maximum absolute atomic E-state index is 10.4. The van der Waals surface area contributed by atoms with Crippen molar-refractivity contribution in [2.45, 2.75) is 32.8 Å². The summed E-state index contributed by atoms with van der Waals surface area (Å²) in [5.41, 5.74) is 2.86. The number of aliphatic hydroxyl groups excluding tert-OH is 1. The van der Waals surface area contributed by atoms with Crippen molar-refractivity contribution in [3.8, 4) is 0 Å². The second-order valence-electron chi connectivity index (χ2n) is 3.76. The third kappa shape index (κ3) is 3.36. The first-order valence-electron chi connectivity index (χ1n) is 5.00. The van der Waals surface area contributed by atoms with Crippen LogP contribution >= 0.6 is 0 Å². The van der Waals surface area contributed by atoms with Crippen LogP contribution in [-0.2, 0) is 11.2 Å². The summed E-state index contributed by atoms with van der Waals surface area (Å²) in [6.45, 7) is 3.65. The van der Waals surface area contributed by atoms with Crippen LogP contribution in [0, 0.1) is 6.92 Å². The maximum Gasteiger partial charge on any atom is 0.303 e. The number of rotatable bonds is 4. The van der Waals surface area contributed by atoms with Gasteiger partial charge in [0.1, 0.15) is 0 Å². The minimum Gasteiger partial charge on any atom is -0.481 e. The second kappa shape index (κ2) is 4.94. The molecule has 2 N–H and O–H groups in total. The summed E-state index contributed by atoms with van der Waals surface area (Å²) in [7, 11) is 0. The molecule has 0 unspecified atom stereocenters. The molecular formula is C12H16O3. The Hall–Kier alpha value is -1.35. The van der Waals surface area contributed by atoms with Crippen molar-refractivity contribution in [1.29, 1.82) is 0 Å². The molecule has 0 bridgehead atoms. The highest BCUT2D eigenvalue weighted by atomic mass is 16.4. The van der Waals surface area contributed by atoms with Crippen molar-refractivity contribution >= 4 is 5.97 Å². The van der Waals surface area contributed by atoms with Gasteiger partial charge in [0, 0.05) is 6.42 Å². The summed E-state index contributed by atoms with van der Waals surface area (Å²) < 4.78 is 0. The Bertz CT molecular complexity index is 356. The van der Waals surface area contributed by atoms with Crippen molar-refractivity contribution < 1.29 is 15.0 Å². The van der Waals surface area contributed by atoms with Gasteiger partial charge in [-0.05, 0) is 37.0 Å². The van der Waals surface area contributed by atoms with Crippen LogP contribution in [0.1, 0.15) is 36.1 Å². The van der Waals surface area contributed by atoms with Crippen LogP contribution in [0.2, 0.25) is 0 Å². The highest BCUT2D eigenvalue weighted by Crippen LogP contribution is 2.19. The summed E-state index contributed by atoms with van der Waals surface area (Å²) in [5, 5.41) is 18.0. The summed E-state index contributed by atoms with van der Waals surface area (Å²) in [4.78, 5) is 10.4. The van der Waals surface area contributed by atoms with Crippen LogP contribution in [0.3, 0.4) is 0 Å². The first kappa shape index (κ1) is 11.7. The Kier molecular flexibility index (Phi) is 3.86. The van der Waals surface area contributed by atoms with Crippen molar-refractivity contribution in [2.24, 2.45) is 0 Å². The van der Waals surface area contributed by atoms with E-state index in [2.05, 4.69) is 0 Å². The van der Waals surface area contributed by atoms with Gasteiger partial charge in [-0.2, -0.15) is 0 Å². The first-order chi connectivity index (χ1) is 7.00. The quantitative estimate of drug-likeness (QED) is 0.796. The summed E-state index contributed by atoms with van der Waals surface area (Å²) >= 11 is 0. The van der Waals surface area contributed by atoms with Gasteiger partial charge in [-0.1, -0.05) is 18.2 Å². The largest absolute Gasteiger partial charge is 0.481 e. The average molecular weight is 208 g/mol. The molecule has 1 aromatic rings. The summed E-state index contributed by atoms with van der Waals surface area (Å²) in [5.74, 6) is -0.797. The fourth-order valence-corrected chi connectivity index (χ4v) is 1.55. The van der Waals surface area contributed by atoms with E-state index in [4.69, 9.17) is 5.11 Å². The van der Waals surface area contributed by atoms with E-state index in [1.54, 1.807) is 6.92 Å². The molecule has 82 valence electrons. The molecule has 0 spiro atoms. The lowest BCUT2D eigenvalue weighted by atomic mass is 9.99. The Labute approximate surface area is 89.4 Å². The van der Waals surface area contributed by atoms with E-state index in [1.165, 1.54) is 0 Å². The lowest BCUT2D eigenvalue weighted by Gasteiger charge is -2.10. The van der Waals surface area contributed by atoms with E-state index >= 15 is 0 Å². The molecule has 0 heterocycles. The van der Waals surface area contributed by atoms with Crippen LogP contribution in [0.15, 0.2) is 18.2 Å². The first-order valence-corrected chi connectivity index (χ1v) is 5.00. The number of aryl methyl sites for hydroxylation is 2. The molecule has 0 aliphatic rings. The van der Waals surface area contributed by atoms with Gasteiger partial charge in [-0.25, -0.2) is 0 Å². The number of hydrogen-bond acceptors (Lipinski definition) is 2. The third-order valence-electron chi connectivity index (χ3n) is 2.42. The zero-order valence-electron chi connectivity index (χ0n) is 9.03. The molecule has 0 fully saturated rings. The number of carboxylic acid groups (broad SMARTS) is 1. The monoisotopic (exact) mass is 208 g/mol. The maximum atomic E-state index is 10.4. The molecule has 1 rings (SSSR count). The molecule has 0 aliphatic carbocycles. The minimum atomic E-state index is -0.797. The van der Waals surface area contributed by atoms with Crippen molar-refractivity contribution in [1.82, 2.24) is 0 Å². The number of carboxylic acids is 1. The van der Waals surface area contributed by atoms with Crippen molar-refractivity contribution in [3.63, 3.8) is 0 Å². The highest BCUT2D eigenvalue weighted by Gasteiger charge is 2.06. The Morgan fingerprint density at radius 2 is 2.13 bits per heavy atom. The zero-order chi connectivity index (χ0) is 11.4. The van der Waals surface area contributed by atoms with Gasteiger partial charge < -0.3 is 10.2 Å². The van der Waals surface area contributed by atoms with E-state index in [9.17, 15) is 9.90 Å². The van der Waals surface area contributed by atoms with E-state index in [0.29, 0.717) is 6.42 Å². The fourth-order valence-electron chi connectivity index (χ4n) is 1.55. The van der Waals surface area contributed by atoms with Crippen molar-refractivity contribution in [3.05, 3.63) is 34.9 Å². The third-order valence-corrected chi connectivity index (χ3v) is 2.42. The van der Waals surface area contributed by atoms with Gasteiger partial charge in [0.15, 0.2) is 0 Å². The van der Waals surface area contributed by atoms with Gasteiger partial charge in [-0.3, -0.25) is 4.79 Å². The molecule has 1 aromatic carbocycles. The molecule has 0 saturated heterocycles. The summed E-state index contributed by atoms with van der Waals surface area (Å²) in [6, 6.07) is 5.70. The molecule has 0 radical (unpaired) electrons. The molecule has 3 heteroatoms. The van der Waals surface area contributed by atoms with Crippen molar-refractivity contribution in [2.75, 3.05) is 0 Å². The van der Waals surface area contributed by atoms with E-state index in [0.717, 1.165) is 16.7 Å². The number of carbonyl (C=O) groups is 1. The van der Waals surface area contributed by atoms with Gasteiger partial charge in [-0.15, -0.1) is 0 Å². The van der Waals surface area contributed by atoms with Crippen LogP contribution in [0.4, 0.5) is 0 Å². The number of hydrogen-bond donors (Lipinski definition) is 2. The predicted molar refractivity (Wildman–Crippen MR) is 57.8 cm³/mol. The van der Waals surface area contributed by atoms with Gasteiger partial charge in [0.25, 0.3) is 0 Å². The second-order valence-corrected chi connectivity index (χ2v) is 3.76. The molecule has 0 saturated carbocycles. The van der Waals surface area contributed by atoms with Gasteiger partial charge in [0.2, 0.25) is 0 Å². The van der Waals surface area contributed by atoms with E-state index in [1.807, 2.05) is 25.1 Å². The van der Waals surface area contributed by atoms with Crippen LogP contribution in [-0.4, -0.2) is 16.2 Å². The standard InChI is InChI=1S/C12H16O3/c1-8-3-4-10(5-6-12(14)15)7-11(8)9(2)13/h3-4,7,9,13H,5-6H2,1-2H3,(H,14,15)/t9-/m0/s1. The lowest BCUT2D eigenvalue weighted by molar-refractivity contribution is -0.136. The SMILES string of the molecule is Cc1ccc(CCC(=O)O)cc1[C@H](C)O. The van der Waals surface area contributed by atoms with Crippen LogP contribution in [0.5, 0.6) is 0 Å². The Balaban J connectivity index is 2.83. The molecule has 3 nitrogen and oxygen atoms in total. The van der Waals surface area contributed by atoms with Gasteiger partial charge in [0.05, 0.1) is 6.10 Å². The topological polar surface area (TPSA) is 57.5 Å². The van der Waals surface area contributed by atoms with Crippen LogP contribution in [0.25, 0.3) is 0 Å². The fraction of sp³-hybridized carbons (Fsp3) is 0.417. The minimum absolute atomic E-state index is 0.127. The molecule has 0 aliphatic heterocycles. The zero-order valence-corrected chi connectivity index (χ0v) is 9.03.